The highest BCUT2D eigenvalue weighted by atomic mass is 16.5. The number of hydrogen-bond donors (Lipinski definition) is 1. The van der Waals surface area contributed by atoms with Gasteiger partial charge >= 0.3 is 5.97 Å². The molecule has 1 amide bonds. The summed E-state index contributed by atoms with van der Waals surface area (Å²) in [6, 6.07) is 1.56. The van der Waals surface area contributed by atoms with Crippen LogP contribution in [-0.4, -0.2) is 48.8 Å². The van der Waals surface area contributed by atoms with Crippen LogP contribution < -0.4 is 5.32 Å². The van der Waals surface area contributed by atoms with Gasteiger partial charge < -0.3 is 19.5 Å². The van der Waals surface area contributed by atoms with Crippen molar-refractivity contribution in [2.45, 2.75) is 0 Å². The zero-order valence-electron chi connectivity index (χ0n) is 11.8. The normalized spacial score (nSPS) is 10.3. The molecule has 108 valence electrons. The molecule has 0 fully saturated rings. The summed E-state index contributed by atoms with van der Waals surface area (Å²) >= 11 is 0. The van der Waals surface area contributed by atoms with E-state index in [4.69, 9.17) is 0 Å². The van der Waals surface area contributed by atoms with E-state index in [1.165, 1.54) is 13.3 Å². The third kappa shape index (κ3) is 4.27. The minimum atomic E-state index is -0.454. The molecule has 7 nitrogen and oxygen atoms in total. The van der Waals surface area contributed by atoms with Gasteiger partial charge in [0.2, 0.25) is 5.91 Å². The Morgan fingerprint density at radius 2 is 2.30 bits per heavy atom. The highest BCUT2D eigenvalue weighted by Crippen LogP contribution is 2.13. The quantitative estimate of drug-likeness (QED) is 0.618. The number of anilines is 1. The third-order valence-electron chi connectivity index (χ3n) is 2.50. The number of hydrogen-bond acceptors (Lipinski definition) is 5. The molecule has 0 spiro atoms. The van der Waals surface area contributed by atoms with Gasteiger partial charge in [-0.1, -0.05) is 0 Å². The number of likely N-dealkylation sites (N-methyl/N-ethyl adjacent to an activating group) is 1. The number of carbonyl (C=O) groups is 2. The van der Waals surface area contributed by atoms with Crippen LogP contribution in [0.15, 0.2) is 29.7 Å². The lowest BCUT2D eigenvalue weighted by molar-refractivity contribution is -0.116. The maximum Gasteiger partial charge on any atom is 0.354 e. The minimum Gasteiger partial charge on any atom is -0.464 e. The molecule has 20 heavy (non-hydrogen) atoms. The molecular formula is C13H18N4O3. The number of aromatic nitrogens is 1. The van der Waals surface area contributed by atoms with Crippen molar-refractivity contribution < 1.29 is 14.3 Å². The van der Waals surface area contributed by atoms with E-state index in [0.717, 1.165) is 0 Å². The first kappa shape index (κ1) is 15.5. The maximum absolute atomic E-state index is 11.8. The number of nitrogens with zero attached hydrogens (tertiary/aromatic N) is 3. The molecule has 0 saturated carbocycles. The van der Waals surface area contributed by atoms with Crippen molar-refractivity contribution in [3.63, 3.8) is 0 Å². The van der Waals surface area contributed by atoms with E-state index in [2.05, 4.69) is 21.8 Å². The summed E-state index contributed by atoms with van der Waals surface area (Å²) in [5, 5.41) is 2.70. The van der Waals surface area contributed by atoms with Gasteiger partial charge in [-0.2, -0.15) is 0 Å². The topological polar surface area (TPSA) is 75.9 Å². The molecule has 0 aliphatic carbocycles. The van der Waals surface area contributed by atoms with Crippen molar-refractivity contribution in [1.82, 2.24) is 9.47 Å². The van der Waals surface area contributed by atoms with Crippen LogP contribution in [0, 0.1) is 0 Å². The average Bonchev–Trinajstić information content (AvgIpc) is 2.75. The molecular weight excluding hydrogens is 260 g/mol. The lowest BCUT2D eigenvalue weighted by Gasteiger charge is -2.12. The molecule has 1 aromatic heterocycles. The van der Waals surface area contributed by atoms with Crippen molar-refractivity contribution in [2.75, 3.05) is 26.0 Å². The van der Waals surface area contributed by atoms with E-state index in [1.807, 2.05) is 0 Å². The van der Waals surface area contributed by atoms with Gasteiger partial charge in [0.25, 0.3) is 0 Å². The van der Waals surface area contributed by atoms with E-state index >= 15 is 0 Å². The van der Waals surface area contributed by atoms with Crippen molar-refractivity contribution in [3.8, 4) is 0 Å². The van der Waals surface area contributed by atoms with Crippen molar-refractivity contribution in [1.29, 1.82) is 0 Å². The Kier molecular flexibility index (Phi) is 5.52. The predicted octanol–water partition coefficient (Wildman–Crippen LogP) is 0.854. The van der Waals surface area contributed by atoms with Crippen LogP contribution in [0.4, 0.5) is 5.69 Å². The summed E-state index contributed by atoms with van der Waals surface area (Å²) in [6.45, 7) is 3.47. The molecule has 0 radical (unpaired) electrons. The Morgan fingerprint density at radius 1 is 1.60 bits per heavy atom. The van der Waals surface area contributed by atoms with Gasteiger partial charge in [-0.15, -0.1) is 0 Å². The van der Waals surface area contributed by atoms with Gasteiger partial charge in [-0.05, 0) is 12.8 Å². The van der Waals surface area contributed by atoms with Gasteiger partial charge in [0, 0.05) is 32.7 Å². The van der Waals surface area contributed by atoms with Crippen molar-refractivity contribution in [3.05, 3.63) is 30.4 Å². The second-order valence-corrected chi connectivity index (χ2v) is 4.16. The van der Waals surface area contributed by atoms with Crippen molar-refractivity contribution in [2.24, 2.45) is 12.0 Å². The Balaban J connectivity index is 2.65. The van der Waals surface area contributed by atoms with Crippen LogP contribution in [0.25, 0.3) is 0 Å². The number of aryl methyl sites for hydroxylation is 1. The summed E-state index contributed by atoms with van der Waals surface area (Å²) in [7, 11) is 4.75. The smallest absolute Gasteiger partial charge is 0.354 e. The fraction of sp³-hybridized carbons (Fsp3) is 0.308. The first-order valence-electron chi connectivity index (χ1n) is 5.85. The lowest BCUT2D eigenvalue weighted by Crippen LogP contribution is -2.26. The summed E-state index contributed by atoms with van der Waals surface area (Å²) < 4.78 is 6.23. The Morgan fingerprint density at radius 3 is 2.90 bits per heavy atom. The molecule has 0 aliphatic rings. The number of amides is 1. The number of methoxy groups -OCH3 is 1. The lowest BCUT2D eigenvalue weighted by atomic mass is 10.4. The molecule has 7 heteroatoms. The van der Waals surface area contributed by atoms with Crippen LogP contribution in [0.3, 0.4) is 0 Å². The zero-order chi connectivity index (χ0) is 15.1. The minimum absolute atomic E-state index is 0.161. The number of esters is 1. The maximum atomic E-state index is 11.8. The van der Waals surface area contributed by atoms with E-state index in [0.29, 0.717) is 11.4 Å². The van der Waals surface area contributed by atoms with E-state index in [9.17, 15) is 9.59 Å². The van der Waals surface area contributed by atoms with E-state index in [1.54, 1.807) is 42.0 Å². The molecule has 0 bridgehead atoms. The predicted molar refractivity (Wildman–Crippen MR) is 76.7 cm³/mol. The van der Waals surface area contributed by atoms with Crippen LogP contribution in [0.2, 0.25) is 0 Å². The molecule has 1 heterocycles. The number of rotatable bonds is 6. The summed E-state index contributed by atoms with van der Waals surface area (Å²) in [5.41, 5.74) is 0.907. The molecule has 1 rings (SSSR count). The summed E-state index contributed by atoms with van der Waals surface area (Å²) in [5.74, 6) is -0.659. The number of ether oxygens (including phenoxy) is 1. The van der Waals surface area contributed by atoms with E-state index in [-0.39, 0.29) is 12.5 Å². The Bertz CT molecular complexity index is 534. The highest BCUT2D eigenvalue weighted by molar-refractivity contribution is 5.95. The molecule has 0 saturated heterocycles. The fourth-order valence-electron chi connectivity index (χ4n) is 1.58. The molecule has 0 unspecified atom stereocenters. The van der Waals surface area contributed by atoms with Gasteiger partial charge in [-0.3, -0.25) is 9.79 Å². The first-order chi connectivity index (χ1) is 9.47. The summed E-state index contributed by atoms with van der Waals surface area (Å²) in [6.07, 6.45) is 4.77. The number of carbonyl (C=O) groups excluding carboxylic acids is 2. The fourth-order valence-corrected chi connectivity index (χ4v) is 1.58. The van der Waals surface area contributed by atoms with E-state index < -0.39 is 5.97 Å². The summed E-state index contributed by atoms with van der Waals surface area (Å²) in [4.78, 5) is 28.4. The van der Waals surface area contributed by atoms with Crippen LogP contribution in [-0.2, 0) is 16.6 Å². The third-order valence-corrected chi connectivity index (χ3v) is 2.50. The monoisotopic (exact) mass is 278 g/mol. The molecule has 0 atom stereocenters. The largest absolute Gasteiger partial charge is 0.464 e. The van der Waals surface area contributed by atoms with Crippen LogP contribution in [0.5, 0.6) is 0 Å². The Labute approximate surface area is 117 Å². The highest BCUT2D eigenvalue weighted by Gasteiger charge is 2.13. The van der Waals surface area contributed by atoms with Gasteiger partial charge in [0.15, 0.2) is 0 Å². The molecule has 1 N–H and O–H groups in total. The first-order valence-corrected chi connectivity index (χ1v) is 5.85. The SMILES string of the molecule is C=N/C=C\N(C)CC(=O)Nc1cc(C(=O)OC)n(C)c1. The van der Waals surface area contributed by atoms with Crippen molar-refractivity contribution >= 4 is 24.3 Å². The second kappa shape index (κ2) is 7.13. The standard InChI is InChI=1S/C13H18N4O3/c1-14-5-6-16(2)9-12(18)15-10-7-11(13(19)20-4)17(3)8-10/h5-8H,1,9H2,2-4H3,(H,15,18)/b6-5-. The molecule has 0 aromatic carbocycles. The van der Waals surface area contributed by atoms with Crippen LogP contribution >= 0.6 is 0 Å². The van der Waals surface area contributed by atoms with Gasteiger partial charge in [-0.25, -0.2) is 4.79 Å². The molecule has 1 aromatic rings. The number of nitrogens with one attached hydrogen (secondary N) is 1. The Hall–Kier alpha value is -2.57. The van der Waals surface area contributed by atoms with Crippen LogP contribution in [0.1, 0.15) is 10.5 Å². The average molecular weight is 278 g/mol. The zero-order valence-corrected chi connectivity index (χ0v) is 11.8. The second-order valence-electron chi connectivity index (χ2n) is 4.16. The number of aliphatic imine (C=N–C) groups is 1. The van der Waals surface area contributed by atoms with Gasteiger partial charge in [0.05, 0.1) is 19.3 Å². The van der Waals surface area contributed by atoms with Gasteiger partial charge in [0.1, 0.15) is 5.69 Å². The molecule has 0 aliphatic heterocycles.